The molecule has 0 spiro atoms. The molecule has 0 unspecified atom stereocenters. The molecule has 0 heterocycles. The van der Waals surface area contributed by atoms with Gasteiger partial charge in [0.1, 0.15) is 0 Å². The van der Waals surface area contributed by atoms with Crippen molar-refractivity contribution < 1.29 is 39.9 Å². The summed E-state index contributed by atoms with van der Waals surface area (Å²) in [5, 5.41) is 0. The summed E-state index contributed by atoms with van der Waals surface area (Å²) in [5.74, 6) is 0. The molecule has 1 radical (unpaired) electrons. The van der Waals surface area contributed by atoms with E-state index >= 15 is 0 Å². The zero-order valence-corrected chi connectivity index (χ0v) is 3.84. The second-order valence-corrected chi connectivity index (χ2v) is 0. The van der Waals surface area contributed by atoms with Gasteiger partial charge in [-0.1, -0.05) is 14.9 Å². The van der Waals surface area contributed by atoms with Crippen LogP contribution in [0.15, 0.2) is 0 Å². The largest absolute Gasteiger partial charge is 0.0776 e. The van der Waals surface area contributed by atoms with Crippen LogP contribution in [0.25, 0.3) is 0 Å². The maximum absolute atomic E-state index is 0. The van der Waals surface area contributed by atoms with Gasteiger partial charge >= 0.3 is 0 Å². The first kappa shape index (κ1) is 58.7. The fourth-order valence-electron chi connectivity index (χ4n) is 0. The summed E-state index contributed by atoms with van der Waals surface area (Å²) in [4.78, 5) is 0. The van der Waals surface area contributed by atoms with Crippen molar-refractivity contribution in [1.82, 2.24) is 0 Å². The van der Waals surface area contributed by atoms with Crippen molar-refractivity contribution in [2.75, 3.05) is 0 Å². The van der Waals surface area contributed by atoms with Crippen LogP contribution in [0.2, 0.25) is 0 Å². The van der Waals surface area contributed by atoms with Gasteiger partial charge in [-0.05, 0) is 0 Å². The summed E-state index contributed by atoms with van der Waals surface area (Å²) >= 11 is 0. The zero-order chi connectivity index (χ0) is 0. The molecular formula is C2H8PdRh. The average molecular weight is 241 g/mol. The smallest absolute Gasteiger partial charge is 0 e. The van der Waals surface area contributed by atoms with E-state index in [4.69, 9.17) is 0 Å². The Hall–Kier alpha value is 1.29. The SMILES string of the molecule is C.C.[Pd].[Rh]. The van der Waals surface area contributed by atoms with Gasteiger partial charge in [0.2, 0.25) is 0 Å². The van der Waals surface area contributed by atoms with Crippen molar-refractivity contribution in [2.24, 2.45) is 0 Å². The third kappa shape index (κ3) is 10.4. The summed E-state index contributed by atoms with van der Waals surface area (Å²) in [6.45, 7) is 0. The first-order chi connectivity index (χ1) is 0. The molecule has 0 saturated carbocycles. The first-order valence-electron chi connectivity index (χ1n) is 0. The molecule has 0 aromatic carbocycles. The normalized spacial score (nSPS) is 0. The Morgan fingerprint density at radius 3 is 0.750 bits per heavy atom. The summed E-state index contributed by atoms with van der Waals surface area (Å²) in [7, 11) is 0. The van der Waals surface area contributed by atoms with Crippen molar-refractivity contribution in [3.05, 3.63) is 0 Å². The predicted molar refractivity (Wildman–Crippen MR) is 13.5 cm³/mol. The first-order valence-corrected chi connectivity index (χ1v) is 0. The maximum atomic E-state index is 0. The monoisotopic (exact) mass is 241 g/mol. The molecule has 0 bridgehead atoms. The summed E-state index contributed by atoms with van der Waals surface area (Å²) < 4.78 is 0. The minimum Gasteiger partial charge on any atom is -0.0776 e. The molecule has 0 amide bonds. The number of hydrogen-bond donors (Lipinski definition) is 0. The minimum atomic E-state index is 0. The Morgan fingerprint density at radius 1 is 0.750 bits per heavy atom. The van der Waals surface area contributed by atoms with Gasteiger partial charge in [-0.15, -0.1) is 0 Å². The second kappa shape index (κ2) is 28.0. The molecule has 0 aliphatic heterocycles. The van der Waals surface area contributed by atoms with Gasteiger partial charge in [0, 0.05) is 39.9 Å². The van der Waals surface area contributed by atoms with E-state index in [0.717, 1.165) is 0 Å². The van der Waals surface area contributed by atoms with E-state index in [0.29, 0.717) is 0 Å². The van der Waals surface area contributed by atoms with Crippen LogP contribution in [-0.2, 0) is 39.9 Å². The number of hydrogen-bond acceptors (Lipinski definition) is 0. The third-order valence-electron chi connectivity index (χ3n) is 0. The molecule has 0 nitrogen and oxygen atoms in total. The fourth-order valence-corrected chi connectivity index (χ4v) is 0. The fraction of sp³-hybridized carbons (Fsp3) is 1.00. The summed E-state index contributed by atoms with van der Waals surface area (Å²) in [5.41, 5.74) is 0. The predicted octanol–water partition coefficient (Wildman–Crippen LogP) is 1.27. The van der Waals surface area contributed by atoms with Crippen molar-refractivity contribution in [3.8, 4) is 0 Å². The van der Waals surface area contributed by atoms with Crippen LogP contribution in [0, 0.1) is 0 Å². The third-order valence-corrected chi connectivity index (χ3v) is 0. The van der Waals surface area contributed by atoms with Crippen LogP contribution in [0.3, 0.4) is 0 Å². The van der Waals surface area contributed by atoms with Crippen LogP contribution in [0.5, 0.6) is 0 Å². The Kier molecular flexibility index (Phi) is 411. The molecule has 0 aliphatic rings. The van der Waals surface area contributed by atoms with Crippen LogP contribution in [0.1, 0.15) is 14.9 Å². The van der Waals surface area contributed by atoms with Crippen LogP contribution < -0.4 is 0 Å². The Morgan fingerprint density at radius 2 is 0.750 bits per heavy atom. The molecule has 0 saturated heterocycles. The van der Waals surface area contributed by atoms with E-state index in [1.165, 1.54) is 0 Å². The van der Waals surface area contributed by atoms with E-state index < -0.39 is 0 Å². The topological polar surface area (TPSA) is 0 Å². The Balaban J connectivity index is 0. The molecule has 0 fully saturated rings. The Labute approximate surface area is 54.8 Å². The molecule has 0 atom stereocenters. The van der Waals surface area contributed by atoms with Crippen LogP contribution in [0.4, 0.5) is 0 Å². The number of rotatable bonds is 0. The molecule has 0 aromatic rings. The quantitative estimate of drug-likeness (QED) is 0.560. The van der Waals surface area contributed by atoms with E-state index in [9.17, 15) is 0 Å². The summed E-state index contributed by atoms with van der Waals surface area (Å²) in [6, 6.07) is 0. The van der Waals surface area contributed by atoms with E-state index in [1.54, 1.807) is 0 Å². The molecule has 0 aliphatic carbocycles. The van der Waals surface area contributed by atoms with E-state index in [1.807, 2.05) is 0 Å². The molecule has 0 aromatic heterocycles. The van der Waals surface area contributed by atoms with Crippen molar-refractivity contribution >= 4 is 0 Å². The zero-order valence-electron chi connectivity index (χ0n) is 0.650. The molecule has 0 N–H and O–H groups in total. The van der Waals surface area contributed by atoms with Gasteiger partial charge in [0.05, 0.1) is 0 Å². The van der Waals surface area contributed by atoms with Gasteiger partial charge in [0.25, 0.3) is 0 Å². The average Bonchev–Trinajstić information content (AvgIpc) is 0. The standard InChI is InChI=1S/2CH4.Pd.Rh/h2*1H4;;. The van der Waals surface area contributed by atoms with Gasteiger partial charge in [-0.25, -0.2) is 0 Å². The maximum Gasteiger partial charge on any atom is 0 e. The minimum absolute atomic E-state index is 0. The summed E-state index contributed by atoms with van der Waals surface area (Å²) in [6.07, 6.45) is 0. The van der Waals surface area contributed by atoms with Crippen LogP contribution >= 0.6 is 0 Å². The van der Waals surface area contributed by atoms with Crippen molar-refractivity contribution in [2.45, 2.75) is 14.9 Å². The molecule has 35 valence electrons. The van der Waals surface area contributed by atoms with Gasteiger partial charge in [-0.3, -0.25) is 0 Å². The van der Waals surface area contributed by atoms with Crippen molar-refractivity contribution in [1.29, 1.82) is 0 Å². The van der Waals surface area contributed by atoms with Gasteiger partial charge in [0.15, 0.2) is 0 Å². The van der Waals surface area contributed by atoms with E-state index in [2.05, 4.69) is 0 Å². The van der Waals surface area contributed by atoms with Crippen molar-refractivity contribution in [3.63, 3.8) is 0 Å². The van der Waals surface area contributed by atoms with Gasteiger partial charge < -0.3 is 0 Å². The molecule has 2 heteroatoms. The van der Waals surface area contributed by atoms with E-state index in [-0.39, 0.29) is 54.8 Å². The molecule has 4 heavy (non-hydrogen) atoms. The molecule has 0 rings (SSSR count). The van der Waals surface area contributed by atoms with Gasteiger partial charge in [-0.2, -0.15) is 0 Å². The van der Waals surface area contributed by atoms with Crippen LogP contribution in [-0.4, -0.2) is 0 Å². The second-order valence-electron chi connectivity index (χ2n) is 0. The Bertz CT molecular complexity index is 6.00. The molecular weight excluding hydrogens is 233 g/mol.